The van der Waals surface area contributed by atoms with Crippen molar-refractivity contribution in [2.45, 2.75) is 19.3 Å². The van der Waals surface area contributed by atoms with Gasteiger partial charge < -0.3 is 25.6 Å². The predicted molar refractivity (Wildman–Crippen MR) is 104 cm³/mol. The number of nitrogens with one attached hydrogen (secondary N) is 2. The smallest absolute Gasteiger partial charge is 0.337 e. The molecule has 0 spiro atoms. The van der Waals surface area contributed by atoms with Gasteiger partial charge in [0.15, 0.2) is 0 Å². The molecule has 0 amide bonds. The normalized spacial score (nSPS) is 10.4. The Kier molecular flexibility index (Phi) is 6.81. The molecule has 28 heavy (non-hydrogen) atoms. The second-order valence-electron chi connectivity index (χ2n) is 6.16. The van der Waals surface area contributed by atoms with E-state index in [4.69, 9.17) is 9.84 Å². The van der Waals surface area contributed by atoms with Gasteiger partial charge in [0.2, 0.25) is 0 Å². The summed E-state index contributed by atoms with van der Waals surface area (Å²) < 4.78 is 19.6. The number of hydrogen-bond acceptors (Lipinski definition) is 5. The Morgan fingerprint density at radius 2 is 1.43 bits per heavy atom. The minimum atomic E-state index is -1.20. The molecule has 4 N–H and O–H groups in total. The molecule has 8 heteroatoms. The van der Waals surface area contributed by atoms with E-state index >= 15 is 0 Å². The number of carboxylic acid groups (broad SMARTS) is 2. The maximum Gasteiger partial charge on any atom is 0.337 e. The highest BCUT2D eigenvalue weighted by atomic mass is 19.1. The topological polar surface area (TPSA) is 108 Å². The van der Waals surface area contributed by atoms with Crippen molar-refractivity contribution in [1.82, 2.24) is 0 Å². The standard InChI is InChI=1S/C20H23FN2O5/c1-22-16-7-11(15(21)9-13(16)19(24)25)5-4-6-12-8-17(23-2)14(20(26)27)10-18(12)28-3/h7-10,22-23H,4-6H2,1-3H3,(H,24,25)(H,26,27). The molecular weight excluding hydrogens is 367 g/mol. The molecule has 0 heterocycles. The van der Waals surface area contributed by atoms with Crippen molar-refractivity contribution in [3.8, 4) is 5.75 Å². The summed E-state index contributed by atoms with van der Waals surface area (Å²) in [6, 6.07) is 5.70. The molecule has 150 valence electrons. The quantitative estimate of drug-likeness (QED) is 0.519. The summed E-state index contributed by atoms with van der Waals surface area (Å²) in [4.78, 5) is 22.5. The van der Waals surface area contributed by atoms with E-state index in [1.54, 1.807) is 20.2 Å². The first-order valence-corrected chi connectivity index (χ1v) is 8.67. The Morgan fingerprint density at radius 1 is 0.929 bits per heavy atom. The lowest BCUT2D eigenvalue weighted by molar-refractivity contribution is 0.0686. The van der Waals surface area contributed by atoms with Crippen molar-refractivity contribution in [3.05, 3.63) is 52.3 Å². The Bertz CT molecular complexity index is 899. The van der Waals surface area contributed by atoms with Gasteiger partial charge >= 0.3 is 11.9 Å². The molecule has 0 bridgehead atoms. The summed E-state index contributed by atoms with van der Waals surface area (Å²) in [5.41, 5.74) is 2.02. The Labute approximate surface area is 162 Å². The molecule has 2 aromatic rings. The number of carbonyl (C=O) groups is 2. The highest BCUT2D eigenvalue weighted by molar-refractivity contribution is 5.95. The third-order valence-electron chi connectivity index (χ3n) is 4.50. The zero-order valence-electron chi connectivity index (χ0n) is 15.9. The lowest BCUT2D eigenvalue weighted by atomic mass is 9.99. The highest BCUT2D eigenvalue weighted by Crippen LogP contribution is 2.29. The van der Waals surface area contributed by atoms with Crippen LogP contribution in [0.5, 0.6) is 5.75 Å². The molecule has 0 aliphatic carbocycles. The van der Waals surface area contributed by atoms with Crippen molar-refractivity contribution in [2.75, 3.05) is 31.8 Å². The third kappa shape index (κ3) is 4.51. The maximum atomic E-state index is 14.3. The van der Waals surface area contributed by atoms with Crippen molar-refractivity contribution in [2.24, 2.45) is 0 Å². The highest BCUT2D eigenvalue weighted by Gasteiger charge is 2.16. The molecule has 0 radical (unpaired) electrons. The summed E-state index contributed by atoms with van der Waals surface area (Å²) in [6.07, 6.45) is 1.49. The van der Waals surface area contributed by atoms with Crippen LogP contribution in [0.4, 0.5) is 15.8 Å². The van der Waals surface area contributed by atoms with Crippen molar-refractivity contribution < 1.29 is 28.9 Å². The monoisotopic (exact) mass is 390 g/mol. The minimum Gasteiger partial charge on any atom is -0.496 e. The number of methoxy groups -OCH3 is 1. The van der Waals surface area contributed by atoms with Gasteiger partial charge in [0.25, 0.3) is 0 Å². The first-order valence-electron chi connectivity index (χ1n) is 8.67. The summed E-state index contributed by atoms with van der Waals surface area (Å²) in [7, 11) is 4.68. The largest absolute Gasteiger partial charge is 0.496 e. The summed E-state index contributed by atoms with van der Waals surface area (Å²) in [6.45, 7) is 0. The van der Waals surface area contributed by atoms with Crippen LogP contribution in [0.25, 0.3) is 0 Å². The SMILES string of the molecule is CNc1cc(CCCc2cc(NC)c(C(=O)O)cc2OC)c(F)cc1C(=O)O. The first-order chi connectivity index (χ1) is 13.3. The fraction of sp³-hybridized carbons (Fsp3) is 0.300. The predicted octanol–water partition coefficient (Wildman–Crippen LogP) is 3.49. The number of anilines is 2. The zero-order valence-corrected chi connectivity index (χ0v) is 15.9. The number of halogens is 1. The van der Waals surface area contributed by atoms with Gasteiger partial charge in [0.05, 0.1) is 18.2 Å². The molecule has 0 fully saturated rings. The Balaban J connectivity index is 2.21. The molecule has 7 nitrogen and oxygen atoms in total. The van der Waals surface area contributed by atoms with Crippen LogP contribution in [-0.2, 0) is 12.8 Å². The van der Waals surface area contributed by atoms with Crippen LogP contribution < -0.4 is 15.4 Å². The van der Waals surface area contributed by atoms with Gasteiger partial charge in [0, 0.05) is 25.5 Å². The van der Waals surface area contributed by atoms with E-state index in [1.165, 1.54) is 19.2 Å². The Morgan fingerprint density at radius 3 is 1.93 bits per heavy atom. The van der Waals surface area contributed by atoms with Gasteiger partial charge in [-0.05, 0) is 54.7 Å². The van der Waals surface area contributed by atoms with Gasteiger partial charge in [-0.25, -0.2) is 14.0 Å². The number of carboxylic acids is 2. The third-order valence-corrected chi connectivity index (χ3v) is 4.50. The van der Waals surface area contributed by atoms with Gasteiger partial charge in [-0.2, -0.15) is 0 Å². The van der Waals surface area contributed by atoms with Crippen LogP contribution in [0.15, 0.2) is 24.3 Å². The molecule has 2 aromatic carbocycles. The Hall–Kier alpha value is -3.29. The number of aryl methyl sites for hydroxylation is 2. The summed E-state index contributed by atoms with van der Waals surface area (Å²) >= 11 is 0. The molecule has 0 saturated carbocycles. The number of hydrogen-bond donors (Lipinski definition) is 4. The molecule has 0 saturated heterocycles. The minimum absolute atomic E-state index is 0.108. The second kappa shape index (κ2) is 9.07. The first kappa shape index (κ1) is 21.0. The van der Waals surface area contributed by atoms with E-state index in [0.717, 1.165) is 11.6 Å². The van der Waals surface area contributed by atoms with E-state index in [1.807, 2.05) is 0 Å². The van der Waals surface area contributed by atoms with Crippen molar-refractivity contribution in [3.63, 3.8) is 0 Å². The fourth-order valence-corrected chi connectivity index (χ4v) is 3.06. The van der Waals surface area contributed by atoms with E-state index in [2.05, 4.69) is 10.6 Å². The lowest BCUT2D eigenvalue weighted by Gasteiger charge is -2.14. The summed E-state index contributed by atoms with van der Waals surface area (Å²) in [5.74, 6) is -2.37. The van der Waals surface area contributed by atoms with Crippen LogP contribution in [-0.4, -0.2) is 43.4 Å². The van der Waals surface area contributed by atoms with E-state index in [-0.39, 0.29) is 11.1 Å². The number of aromatic carboxylic acids is 2. The number of rotatable bonds is 9. The van der Waals surface area contributed by atoms with Crippen LogP contribution in [0.2, 0.25) is 0 Å². The average molecular weight is 390 g/mol. The van der Waals surface area contributed by atoms with Crippen LogP contribution >= 0.6 is 0 Å². The van der Waals surface area contributed by atoms with Crippen LogP contribution in [0.1, 0.15) is 38.3 Å². The van der Waals surface area contributed by atoms with Crippen molar-refractivity contribution in [1.29, 1.82) is 0 Å². The molecular formula is C20H23FN2O5. The van der Waals surface area contributed by atoms with Crippen LogP contribution in [0, 0.1) is 5.82 Å². The zero-order chi connectivity index (χ0) is 20.8. The molecule has 2 rings (SSSR count). The second-order valence-corrected chi connectivity index (χ2v) is 6.16. The number of benzene rings is 2. The lowest BCUT2D eigenvalue weighted by Crippen LogP contribution is -2.07. The van der Waals surface area contributed by atoms with Gasteiger partial charge in [-0.15, -0.1) is 0 Å². The number of ether oxygens (including phenoxy) is 1. The van der Waals surface area contributed by atoms with Crippen LogP contribution in [0.3, 0.4) is 0 Å². The molecule has 0 unspecified atom stereocenters. The van der Waals surface area contributed by atoms with E-state index in [9.17, 15) is 19.1 Å². The van der Waals surface area contributed by atoms with E-state index in [0.29, 0.717) is 42.0 Å². The molecule has 0 atom stereocenters. The van der Waals surface area contributed by atoms with E-state index < -0.39 is 17.8 Å². The summed E-state index contributed by atoms with van der Waals surface area (Å²) in [5, 5.41) is 24.1. The molecule has 0 aliphatic heterocycles. The van der Waals surface area contributed by atoms with Gasteiger partial charge in [0.1, 0.15) is 11.6 Å². The molecule has 0 aliphatic rings. The fourth-order valence-electron chi connectivity index (χ4n) is 3.06. The van der Waals surface area contributed by atoms with Gasteiger partial charge in [-0.3, -0.25) is 0 Å². The van der Waals surface area contributed by atoms with Crippen molar-refractivity contribution >= 4 is 23.3 Å². The van der Waals surface area contributed by atoms with Gasteiger partial charge in [-0.1, -0.05) is 0 Å². The maximum absolute atomic E-state index is 14.3. The molecule has 0 aromatic heterocycles. The average Bonchev–Trinajstić information content (AvgIpc) is 2.67.